The molecule has 22 heavy (non-hydrogen) atoms. The molecule has 9 heteroatoms. The maximum atomic E-state index is 12.6. The lowest BCUT2D eigenvalue weighted by atomic mass is 9.98. The van der Waals surface area contributed by atoms with Crippen molar-refractivity contribution in [2.75, 3.05) is 19.3 Å². The van der Waals surface area contributed by atoms with E-state index in [1.54, 1.807) is 0 Å². The third kappa shape index (κ3) is 2.66. The summed E-state index contributed by atoms with van der Waals surface area (Å²) in [5.74, 6) is 0.547. The van der Waals surface area contributed by atoms with Crippen LogP contribution >= 0.6 is 0 Å². The van der Waals surface area contributed by atoms with Crippen molar-refractivity contribution < 1.29 is 16.8 Å². The third-order valence-corrected chi connectivity index (χ3v) is 7.42. The van der Waals surface area contributed by atoms with Gasteiger partial charge in [-0.25, -0.2) is 21.8 Å². The molecule has 3 unspecified atom stereocenters. The number of sulfonamides is 1. The van der Waals surface area contributed by atoms with Gasteiger partial charge >= 0.3 is 0 Å². The van der Waals surface area contributed by atoms with Gasteiger partial charge in [0.15, 0.2) is 14.9 Å². The first-order chi connectivity index (χ1) is 10.2. The summed E-state index contributed by atoms with van der Waals surface area (Å²) in [5.41, 5.74) is 6.03. The highest BCUT2D eigenvalue weighted by Gasteiger charge is 2.45. The fourth-order valence-electron chi connectivity index (χ4n) is 3.35. The summed E-state index contributed by atoms with van der Waals surface area (Å²) in [5, 5.41) is -0.133. The van der Waals surface area contributed by atoms with Crippen LogP contribution in [0.15, 0.2) is 28.3 Å². The van der Waals surface area contributed by atoms with Crippen LogP contribution < -0.4 is 5.73 Å². The molecule has 0 amide bonds. The van der Waals surface area contributed by atoms with Crippen molar-refractivity contribution in [1.29, 1.82) is 0 Å². The first-order valence-corrected chi connectivity index (χ1v) is 10.4. The second-order valence-corrected chi connectivity index (χ2v) is 9.99. The molecule has 0 radical (unpaired) electrons. The Morgan fingerprint density at radius 1 is 1.18 bits per heavy atom. The zero-order chi connectivity index (χ0) is 16.1. The van der Waals surface area contributed by atoms with Gasteiger partial charge in [-0.1, -0.05) is 0 Å². The van der Waals surface area contributed by atoms with E-state index in [0.29, 0.717) is 19.0 Å². The van der Waals surface area contributed by atoms with Crippen LogP contribution in [0, 0.1) is 11.8 Å². The maximum Gasteiger partial charge on any atom is 0.244 e. The normalized spacial score (nSPS) is 29.6. The van der Waals surface area contributed by atoms with Crippen LogP contribution in [-0.2, 0) is 19.9 Å². The molecule has 3 rings (SSSR count). The number of rotatable bonds is 3. The summed E-state index contributed by atoms with van der Waals surface area (Å²) in [6.07, 6.45) is 4.06. The van der Waals surface area contributed by atoms with E-state index in [1.165, 1.54) is 16.4 Å². The van der Waals surface area contributed by atoms with E-state index in [9.17, 15) is 16.8 Å². The summed E-state index contributed by atoms with van der Waals surface area (Å²) in [6.45, 7) is 0.913. The number of pyridine rings is 1. The van der Waals surface area contributed by atoms with Gasteiger partial charge in [0.25, 0.3) is 0 Å². The van der Waals surface area contributed by atoms with Crippen LogP contribution in [0.3, 0.4) is 0 Å². The molecule has 1 saturated carbocycles. The van der Waals surface area contributed by atoms with Crippen LogP contribution in [-0.4, -0.2) is 51.5 Å². The molecule has 2 N–H and O–H groups in total. The van der Waals surface area contributed by atoms with Crippen molar-refractivity contribution in [3.8, 4) is 0 Å². The molecule has 7 nitrogen and oxygen atoms in total. The monoisotopic (exact) mass is 345 g/mol. The third-order valence-electron chi connectivity index (χ3n) is 4.61. The minimum absolute atomic E-state index is 0.0217. The minimum Gasteiger partial charge on any atom is -0.327 e. The van der Waals surface area contributed by atoms with E-state index >= 15 is 0 Å². The van der Waals surface area contributed by atoms with Crippen LogP contribution in [0.2, 0.25) is 0 Å². The molecule has 1 saturated heterocycles. The number of aromatic nitrogens is 1. The Labute approximate surface area is 130 Å². The summed E-state index contributed by atoms with van der Waals surface area (Å²) in [6, 6.07) is 2.59. The van der Waals surface area contributed by atoms with E-state index in [1.807, 2.05) is 0 Å². The fraction of sp³-hybridized carbons (Fsp3) is 0.615. The summed E-state index contributed by atoms with van der Waals surface area (Å²) in [4.78, 5) is 3.78. The molecular weight excluding hydrogens is 326 g/mol. The number of nitrogens with two attached hydrogens (primary N) is 1. The van der Waals surface area contributed by atoms with Crippen LogP contribution in [0.5, 0.6) is 0 Å². The molecule has 0 aromatic carbocycles. The van der Waals surface area contributed by atoms with Gasteiger partial charge in [-0.05, 0) is 36.8 Å². The van der Waals surface area contributed by atoms with Crippen LogP contribution in [0.25, 0.3) is 0 Å². The number of sulfone groups is 1. The lowest BCUT2D eigenvalue weighted by Crippen LogP contribution is -2.33. The quantitative estimate of drug-likeness (QED) is 0.815. The van der Waals surface area contributed by atoms with Gasteiger partial charge in [0.2, 0.25) is 10.0 Å². The van der Waals surface area contributed by atoms with Crippen molar-refractivity contribution in [2.45, 2.75) is 28.8 Å². The molecule has 2 aliphatic rings. The van der Waals surface area contributed by atoms with E-state index in [-0.39, 0.29) is 21.9 Å². The first kappa shape index (κ1) is 15.9. The highest BCUT2D eigenvalue weighted by molar-refractivity contribution is 7.90. The van der Waals surface area contributed by atoms with Gasteiger partial charge in [0.05, 0.1) is 0 Å². The SMILES string of the molecule is CS(=O)(=O)c1ccc(S(=O)(=O)N2CC3CCC(N)C3C2)cn1. The smallest absolute Gasteiger partial charge is 0.244 e. The summed E-state index contributed by atoms with van der Waals surface area (Å²) in [7, 11) is -7.09. The average molecular weight is 345 g/mol. The number of hydrogen-bond acceptors (Lipinski definition) is 6. The highest BCUT2D eigenvalue weighted by atomic mass is 32.2. The standard InChI is InChI=1S/C13H19N3O4S2/c1-21(17,18)13-5-3-10(6-15-13)22(19,20)16-7-9-2-4-12(14)11(9)8-16/h3,5-6,9,11-12H,2,4,7-8,14H2,1H3. The molecule has 1 aliphatic heterocycles. The van der Waals surface area contributed by atoms with Gasteiger partial charge in [-0.3, -0.25) is 0 Å². The van der Waals surface area contributed by atoms with Crippen molar-refractivity contribution in [1.82, 2.24) is 9.29 Å². The Balaban J connectivity index is 1.85. The molecule has 2 fully saturated rings. The Hall–Kier alpha value is -1.03. The number of fused-ring (bicyclic) bond motifs is 1. The highest BCUT2D eigenvalue weighted by Crippen LogP contribution is 2.39. The van der Waals surface area contributed by atoms with Gasteiger partial charge in [0.1, 0.15) is 4.90 Å². The van der Waals surface area contributed by atoms with Crippen molar-refractivity contribution >= 4 is 19.9 Å². The molecule has 1 aromatic rings. The lowest BCUT2D eigenvalue weighted by molar-refractivity contribution is 0.427. The Morgan fingerprint density at radius 3 is 2.45 bits per heavy atom. The minimum atomic E-state index is -3.65. The molecule has 122 valence electrons. The second kappa shape index (κ2) is 5.26. The summed E-state index contributed by atoms with van der Waals surface area (Å²) < 4.78 is 49.5. The molecular formula is C13H19N3O4S2. The maximum absolute atomic E-state index is 12.6. The Morgan fingerprint density at radius 2 is 1.91 bits per heavy atom. The van der Waals surface area contributed by atoms with E-state index in [4.69, 9.17) is 5.73 Å². The molecule has 3 atom stereocenters. The van der Waals surface area contributed by atoms with Gasteiger partial charge < -0.3 is 5.73 Å². The van der Waals surface area contributed by atoms with Crippen molar-refractivity contribution in [2.24, 2.45) is 17.6 Å². The van der Waals surface area contributed by atoms with Crippen LogP contribution in [0.1, 0.15) is 12.8 Å². The van der Waals surface area contributed by atoms with Gasteiger partial charge in [0, 0.05) is 31.6 Å². The van der Waals surface area contributed by atoms with Gasteiger partial charge in [-0.15, -0.1) is 0 Å². The lowest BCUT2D eigenvalue weighted by Gasteiger charge is -2.18. The van der Waals surface area contributed by atoms with E-state index in [0.717, 1.165) is 25.3 Å². The van der Waals surface area contributed by atoms with Crippen molar-refractivity contribution in [3.63, 3.8) is 0 Å². The van der Waals surface area contributed by atoms with E-state index < -0.39 is 19.9 Å². The molecule has 2 heterocycles. The topological polar surface area (TPSA) is 110 Å². The fourth-order valence-corrected chi connectivity index (χ4v) is 5.39. The van der Waals surface area contributed by atoms with Crippen molar-refractivity contribution in [3.05, 3.63) is 18.3 Å². The molecule has 0 bridgehead atoms. The van der Waals surface area contributed by atoms with Crippen LogP contribution in [0.4, 0.5) is 0 Å². The zero-order valence-electron chi connectivity index (χ0n) is 12.2. The predicted molar refractivity (Wildman–Crippen MR) is 80.3 cm³/mol. The van der Waals surface area contributed by atoms with Gasteiger partial charge in [-0.2, -0.15) is 4.31 Å². The zero-order valence-corrected chi connectivity index (χ0v) is 13.8. The largest absolute Gasteiger partial charge is 0.327 e. The second-order valence-electron chi connectivity index (χ2n) is 6.09. The Kier molecular flexibility index (Phi) is 3.79. The van der Waals surface area contributed by atoms with E-state index in [2.05, 4.69) is 4.98 Å². The summed E-state index contributed by atoms with van der Waals surface area (Å²) >= 11 is 0. The first-order valence-electron chi connectivity index (χ1n) is 7.11. The predicted octanol–water partition coefficient (Wildman–Crippen LogP) is -0.157. The number of hydrogen-bond donors (Lipinski definition) is 1. The molecule has 1 aliphatic carbocycles. The average Bonchev–Trinajstić information content (AvgIpc) is 3.01. The molecule has 0 spiro atoms. The molecule has 1 aromatic heterocycles. The number of nitrogens with zero attached hydrogens (tertiary/aromatic N) is 2. The Bertz CT molecular complexity index is 774.